The molecule has 3 heterocycles. The van der Waals surface area contributed by atoms with Gasteiger partial charge in [-0.1, -0.05) is 12.1 Å². The van der Waals surface area contributed by atoms with Crippen molar-refractivity contribution in [2.24, 2.45) is 0 Å². The number of anilines is 1. The largest absolute Gasteiger partial charge is 0.504 e. The summed E-state index contributed by atoms with van der Waals surface area (Å²) in [6.45, 7) is 3.30. The molecule has 9 nitrogen and oxygen atoms in total. The fourth-order valence-corrected chi connectivity index (χ4v) is 6.58. The maximum Gasteiger partial charge on any atom is 0.416 e. The number of pyridine rings is 2. The first-order valence-corrected chi connectivity index (χ1v) is 16.6. The molecule has 4 rings (SSSR count). The molecule has 1 aliphatic heterocycles. The molecule has 1 amide bonds. The Morgan fingerprint density at radius 2 is 1.85 bits per heavy atom. The van der Waals surface area contributed by atoms with Gasteiger partial charge in [-0.25, -0.2) is 13.4 Å². The Bertz CT molecular complexity index is 1560. The third-order valence-corrected chi connectivity index (χ3v) is 9.46. The van der Waals surface area contributed by atoms with E-state index in [0.29, 0.717) is 36.6 Å². The van der Waals surface area contributed by atoms with E-state index in [0.717, 1.165) is 16.4 Å². The predicted molar refractivity (Wildman–Crippen MR) is 142 cm³/mol. The molecule has 210 valence electrons. The van der Waals surface area contributed by atoms with E-state index in [-0.39, 0.29) is 35.6 Å². The fourth-order valence-electron chi connectivity index (χ4n) is 4.19. The lowest BCUT2D eigenvalue weighted by molar-refractivity contribution is -0.137. The molecule has 0 radical (unpaired) electrons. The number of aryl methyl sites for hydroxylation is 1. The van der Waals surface area contributed by atoms with Gasteiger partial charge < -0.3 is 15.0 Å². The first kappa shape index (κ1) is 28.8. The summed E-state index contributed by atoms with van der Waals surface area (Å²) in [4.78, 5) is 21.6. The third kappa shape index (κ3) is 6.70. The maximum absolute atomic E-state index is 13.0. The van der Waals surface area contributed by atoms with Crippen molar-refractivity contribution in [1.82, 2.24) is 15.3 Å². The van der Waals surface area contributed by atoms with Crippen LogP contribution in [0.1, 0.15) is 40.0 Å². The molecule has 0 aliphatic carbocycles. The lowest BCUT2D eigenvalue weighted by Crippen LogP contribution is -2.39. The molecule has 2 N–H and O–H groups in total. The van der Waals surface area contributed by atoms with E-state index in [9.17, 15) is 36.1 Å². The zero-order valence-electron chi connectivity index (χ0n) is 21.3. The highest BCUT2D eigenvalue weighted by atomic mass is 32.2. The summed E-state index contributed by atoms with van der Waals surface area (Å²) in [7, 11) is -6.08. The van der Waals surface area contributed by atoms with Crippen LogP contribution in [0.4, 0.5) is 19.0 Å². The molecule has 0 saturated carbocycles. The number of rotatable bonds is 7. The molecular formula is C25H28F3N4O5PS. The van der Waals surface area contributed by atoms with Crippen LogP contribution in [0.5, 0.6) is 5.75 Å². The van der Waals surface area contributed by atoms with Gasteiger partial charge in [0.2, 0.25) is 10.0 Å². The summed E-state index contributed by atoms with van der Waals surface area (Å²) in [5.41, 5.74) is -0.271. The van der Waals surface area contributed by atoms with E-state index >= 15 is 0 Å². The molecule has 39 heavy (non-hydrogen) atoms. The molecule has 0 bridgehead atoms. The Morgan fingerprint density at radius 3 is 2.46 bits per heavy atom. The molecule has 1 aliphatic rings. The number of halogens is 3. The number of nitrogens with zero attached hydrogens (tertiary/aromatic N) is 3. The highest BCUT2D eigenvalue weighted by molar-refractivity contribution is 7.92. The number of carbonyl (C=O) groups is 1. The van der Waals surface area contributed by atoms with Gasteiger partial charge in [-0.05, 0) is 61.9 Å². The minimum Gasteiger partial charge on any atom is -0.504 e. The molecule has 1 fully saturated rings. The molecule has 1 aromatic carbocycles. The number of benzene rings is 1. The van der Waals surface area contributed by atoms with Crippen molar-refractivity contribution < 1.29 is 36.1 Å². The molecule has 1 saturated heterocycles. The van der Waals surface area contributed by atoms with Crippen LogP contribution < -0.4 is 9.62 Å². The second-order valence-corrected chi connectivity index (χ2v) is 15.5. The van der Waals surface area contributed by atoms with Gasteiger partial charge in [-0.2, -0.15) is 13.2 Å². The van der Waals surface area contributed by atoms with Gasteiger partial charge in [0.05, 0.1) is 18.5 Å². The normalized spacial score (nSPS) is 15.9. The number of aromatic hydroxyl groups is 1. The van der Waals surface area contributed by atoms with E-state index in [1.807, 2.05) is 0 Å². The molecule has 14 heteroatoms. The lowest BCUT2D eigenvalue weighted by Gasteiger charge is -2.28. The summed E-state index contributed by atoms with van der Waals surface area (Å²) in [5, 5.41) is 13.7. The number of aromatic nitrogens is 2. The number of fused-ring (bicyclic) bond motifs is 1. The van der Waals surface area contributed by atoms with E-state index in [2.05, 4.69) is 15.3 Å². The number of nitrogens with one attached hydrogen (secondary N) is 1. The third-order valence-electron chi connectivity index (χ3n) is 6.33. The molecule has 3 aromatic rings. The predicted octanol–water partition coefficient (Wildman–Crippen LogP) is 4.38. The van der Waals surface area contributed by atoms with E-state index in [1.165, 1.54) is 18.3 Å². The first-order chi connectivity index (χ1) is 18.2. The minimum atomic E-state index is -4.49. The quantitative estimate of drug-likeness (QED) is 0.395. The van der Waals surface area contributed by atoms with Crippen LogP contribution in [-0.4, -0.2) is 61.2 Å². The van der Waals surface area contributed by atoms with E-state index in [1.54, 1.807) is 19.4 Å². The zero-order valence-corrected chi connectivity index (χ0v) is 23.0. The summed E-state index contributed by atoms with van der Waals surface area (Å²) < 4.78 is 77.6. The van der Waals surface area contributed by atoms with Crippen molar-refractivity contribution in [2.75, 3.05) is 36.1 Å². The molecular weight excluding hydrogens is 556 g/mol. The van der Waals surface area contributed by atoms with Gasteiger partial charge in [0.1, 0.15) is 5.52 Å². The number of amides is 1. The van der Waals surface area contributed by atoms with Crippen LogP contribution in [0.15, 0.2) is 36.5 Å². The number of hydrogen-bond donors (Lipinski definition) is 2. The van der Waals surface area contributed by atoms with Crippen LogP contribution in [0, 0.1) is 0 Å². The van der Waals surface area contributed by atoms with Crippen LogP contribution in [0.2, 0.25) is 0 Å². The Kier molecular flexibility index (Phi) is 7.96. The lowest BCUT2D eigenvalue weighted by atomic mass is 10.1. The van der Waals surface area contributed by atoms with Gasteiger partial charge in [0.15, 0.2) is 17.3 Å². The van der Waals surface area contributed by atoms with Crippen LogP contribution in [-0.2, 0) is 33.7 Å². The Labute approximate surface area is 223 Å². The van der Waals surface area contributed by atoms with Gasteiger partial charge in [-0.3, -0.25) is 14.1 Å². The average Bonchev–Trinajstić information content (AvgIpc) is 2.86. The molecule has 0 spiro atoms. The highest BCUT2D eigenvalue weighted by Gasteiger charge is 2.32. The summed E-state index contributed by atoms with van der Waals surface area (Å²) >= 11 is 0. The Hall–Kier alpha value is -3.18. The number of hydrogen-bond acceptors (Lipinski definition) is 7. The van der Waals surface area contributed by atoms with Crippen molar-refractivity contribution in [3.63, 3.8) is 0 Å². The van der Waals surface area contributed by atoms with Crippen molar-refractivity contribution in [3.8, 4) is 5.75 Å². The van der Waals surface area contributed by atoms with Gasteiger partial charge in [-0.15, -0.1) is 0 Å². The summed E-state index contributed by atoms with van der Waals surface area (Å²) in [5.74, 6) is -1.56. The monoisotopic (exact) mass is 584 g/mol. The fraction of sp³-hybridized carbons (Fsp3) is 0.400. The van der Waals surface area contributed by atoms with Crippen LogP contribution >= 0.6 is 7.14 Å². The first-order valence-electron chi connectivity index (χ1n) is 12.2. The Morgan fingerprint density at radius 1 is 1.15 bits per heavy atom. The van der Waals surface area contributed by atoms with Gasteiger partial charge >= 0.3 is 6.18 Å². The minimum absolute atomic E-state index is 0.0274. The number of alkyl halides is 3. The number of carbonyl (C=O) groups excluding carboxylic acids is 1. The van der Waals surface area contributed by atoms with Crippen molar-refractivity contribution in [3.05, 3.63) is 58.9 Å². The molecule has 0 unspecified atom stereocenters. The second-order valence-electron chi connectivity index (χ2n) is 9.89. The van der Waals surface area contributed by atoms with Crippen molar-refractivity contribution in [1.29, 1.82) is 0 Å². The average molecular weight is 585 g/mol. The van der Waals surface area contributed by atoms with Crippen LogP contribution in [0.3, 0.4) is 0 Å². The Balaban J connectivity index is 1.71. The van der Waals surface area contributed by atoms with Crippen molar-refractivity contribution in [2.45, 2.75) is 32.0 Å². The van der Waals surface area contributed by atoms with Crippen molar-refractivity contribution >= 4 is 39.8 Å². The zero-order chi connectivity index (χ0) is 28.6. The topological polar surface area (TPSA) is 130 Å². The standard InChI is InChI=1S/C25H28F3N4O5PS/c1-38(2,35)11-9-17-13-19-20(29-15-17)22(33)21(31-23(19)32-10-3-4-12-39(32,36)37)24(34)30-14-16-5-7-18(8-6-16)25(26,27)28/h5-8,13,15,33H,3-4,9-12,14H2,1-2H3,(H,30,34). The highest BCUT2D eigenvalue weighted by Crippen LogP contribution is 2.38. The van der Waals surface area contributed by atoms with E-state index in [4.69, 9.17) is 0 Å². The smallest absolute Gasteiger partial charge is 0.416 e. The van der Waals surface area contributed by atoms with Gasteiger partial charge in [0, 0.05) is 30.8 Å². The summed E-state index contributed by atoms with van der Waals surface area (Å²) in [6, 6.07) is 5.86. The molecule has 0 atom stereocenters. The second kappa shape index (κ2) is 10.8. The van der Waals surface area contributed by atoms with Gasteiger partial charge in [0.25, 0.3) is 5.91 Å². The van der Waals surface area contributed by atoms with Crippen LogP contribution in [0.25, 0.3) is 10.9 Å². The maximum atomic E-state index is 13.0. The SMILES string of the molecule is CP(C)(=O)CCc1cnc2c(O)c(C(=O)NCc3ccc(C(F)(F)F)cc3)nc(N3CCCCS3(=O)=O)c2c1. The summed E-state index contributed by atoms with van der Waals surface area (Å²) in [6.07, 6.45) is -1.16. The molecule has 2 aromatic heterocycles. The van der Waals surface area contributed by atoms with E-state index < -0.39 is 46.3 Å². The number of sulfonamides is 1.